The second-order valence-electron chi connectivity index (χ2n) is 4.88. The van der Waals surface area contributed by atoms with Crippen LogP contribution >= 0.6 is 0 Å². The number of halogens is 3. The van der Waals surface area contributed by atoms with Gasteiger partial charge in [0.15, 0.2) is 0 Å². The van der Waals surface area contributed by atoms with Crippen LogP contribution in [-0.4, -0.2) is 13.4 Å². The quantitative estimate of drug-likeness (QED) is 0.892. The van der Waals surface area contributed by atoms with Crippen LogP contribution in [0.4, 0.5) is 19.0 Å². The summed E-state index contributed by atoms with van der Waals surface area (Å²) in [6, 6.07) is 6.82. The fraction of sp³-hybridized carbons (Fsp3) is 0.214. The number of nitrogens with two attached hydrogens (primary N) is 1. The highest BCUT2D eigenvalue weighted by Crippen LogP contribution is 2.30. The molecule has 0 saturated heterocycles. The zero-order chi connectivity index (χ0) is 17.3. The van der Waals surface area contributed by atoms with E-state index in [1.807, 2.05) is 0 Å². The van der Waals surface area contributed by atoms with Gasteiger partial charge in [-0.05, 0) is 36.8 Å². The van der Waals surface area contributed by atoms with E-state index in [4.69, 9.17) is 5.14 Å². The number of benzene rings is 1. The fourth-order valence-corrected chi connectivity index (χ4v) is 2.63. The monoisotopic (exact) mass is 345 g/mol. The lowest BCUT2D eigenvalue weighted by molar-refractivity contribution is -0.137. The number of pyridine rings is 1. The summed E-state index contributed by atoms with van der Waals surface area (Å²) in [6.07, 6.45) is -3.02. The number of sulfonamides is 1. The van der Waals surface area contributed by atoms with Gasteiger partial charge in [-0.3, -0.25) is 0 Å². The van der Waals surface area contributed by atoms with Crippen LogP contribution in [0.1, 0.15) is 24.1 Å². The van der Waals surface area contributed by atoms with Gasteiger partial charge in [0.2, 0.25) is 10.0 Å². The molecule has 124 valence electrons. The van der Waals surface area contributed by atoms with Gasteiger partial charge in [-0.2, -0.15) is 13.2 Å². The van der Waals surface area contributed by atoms with Crippen LogP contribution in [-0.2, 0) is 16.2 Å². The second kappa shape index (κ2) is 6.17. The second-order valence-corrected chi connectivity index (χ2v) is 6.41. The maximum absolute atomic E-state index is 12.5. The lowest BCUT2D eigenvalue weighted by Gasteiger charge is -2.17. The minimum absolute atomic E-state index is 0.0439. The van der Waals surface area contributed by atoms with E-state index in [1.54, 1.807) is 6.92 Å². The van der Waals surface area contributed by atoms with Crippen LogP contribution in [0, 0.1) is 0 Å². The first-order valence-electron chi connectivity index (χ1n) is 6.50. The molecule has 0 aliphatic rings. The van der Waals surface area contributed by atoms with Crippen molar-refractivity contribution >= 4 is 15.8 Å². The Morgan fingerprint density at radius 1 is 1.17 bits per heavy atom. The molecule has 2 aromatic rings. The van der Waals surface area contributed by atoms with Crippen LogP contribution < -0.4 is 10.5 Å². The Morgan fingerprint density at radius 2 is 1.78 bits per heavy atom. The topological polar surface area (TPSA) is 85.1 Å². The molecule has 23 heavy (non-hydrogen) atoms. The average Bonchev–Trinajstić information content (AvgIpc) is 2.46. The van der Waals surface area contributed by atoms with Crippen LogP contribution in [0.15, 0.2) is 47.5 Å². The molecule has 0 aliphatic carbocycles. The van der Waals surface area contributed by atoms with Crippen molar-refractivity contribution < 1.29 is 21.6 Å². The summed E-state index contributed by atoms with van der Waals surface area (Å²) in [7, 11) is -3.96. The molecule has 0 unspecified atom stereocenters. The highest BCUT2D eigenvalue weighted by molar-refractivity contribution is 7.89. The van der Waals surface area contributed by atoms with Crippen LogP contribution in [0.5, 0.6) is 0 Å². The minimum Gasteiger partial charge on any atom is -0.362 e. The molecule has 0 bridgehead atoms. The van der Waals surface area contributed by atoms with Crippen LogP contribution in [0.2, 0.25) is 0 Å². The number of rotatable bonds is 4. The smallest absolute Gasteiger partial charge is 0.362 e. The van der Waals surface area contributed by atoms with Crippen molar-refractivity contribution in [2.45, 2.75) is 24.0 Å². The van der Waals surface area contributed by atoms with Crippen molar-refractivity contribution in [3.8, 4) is 0 Å². The van der Waals surface area contributed by atoms with Gasteiger partial charge in [0.1, 0.15) is 10.7 Å². The summed E-state index contributed by atoms with van der Waals surface area (Å²) in [6.45, 7) is 1.67. The number of hydrogen-bond acceptors (Lipinski definition) is 4. The first-order chi connectivity index (χ1) is 10.6. The van der Waals surface area contributed by atoms with Crippen molar-refractivity contribution in [3.05, 3.63) is 53.7 Å². The van der Waals surface area contributed by atoms with Crippen molar-refractivity contribution in [1.82, 2.24) is 4.98 Å². The molecule has 0 amide bonds. The number of primary sulfonamides is 1. The van der Waals surface area contributed by atoms with Gasteiger partial charge < -0.3 is 5.32 Å². The predicted molar refractivity (Wildman–Crippen MR) is 79.1 cm³/mol. The lowest BCUT2D eigenvalue weighted by atomic mass is 10.1. The summed E-state index contributed by atoms with van der Waals surface area (Å²) in [5, 5.41) is 7.95. The highest BCUT2D eigenvalue weighted by atomic mass is 32.2. The third-order valence-corrected chi connectivity index (χ3v) is 4.11. The van der Waals surface area contributed by atoms with E-state index >= 15 is 0 Å². The van der Waals surface area contributed by atoms with Crippen molar-refractivity contribution in [1.29, 1.82) is 0 Å². The predicted octanol–water partition coefficient (Wildman–Crippen LogP) is 2.92. The molecular weight excluding hydrogens is 331 g/mol. The van der Waals surface area contributed by atoms with Gasteiger partial charge in [-0.15, -0.1) is 0 Å². The van der Waals surface area contributed by atoms with E-state index < -0.39 is 27.8 Å². The highest BCUT2D eigenvalue weighted by Gasteiger charge is 2.30. The lowest BCUT2D eigenvalue weighted by Crippen LogP contribution is -2.17. The SMILES string of the molecule is C[C@H](Nc1ncccc1S(N)(=O)=O)c1ccc(C(F)(F)F)cc1. The molecular formula is C14H14F3N3O2S. The molecule has 1 aromatic carbocycles. The first kappa shape index (κ1) is 17.2. The van der Waals surface area contributed by atoms with E-state index in [9.17, 15) is 21.6 Å². The van der Waals surface area contributed by atoms with Crippen LogP contribution in [0.25, 0.3) is 0 Å². The van der Waals surface area contributed by atoms with E-state index in [1.165, 1.54) is 30.5 Å². The number of alkyl halides is 3. The Labute approximate surface area is 131 Å². The molecule has 0 aliphatic heterocycles. The summed E-state index contributed by atoms with van der Waals surface area (Å²) < 4.78 is 60.6. The van der Waals surface area contributed by atoms with Crippen molar-refractivity contribution in [2.75, 3.05) is 5.32 Å². The van der Waals surface area contributed by atoms with Crippen molar-refractivity contribution in [2.24, 2.45) is 5.14 Å². The van der Waals surface area contributed by atoms with Gasteiger partial charge in [-0.1, -0.05) is 12.1 Å². The normalized spacial score (nSPS) is 13.6. The largest absolute Gasteiger partial charge is 0.416 e. The fourth-order valence-electron chi connectivity index (χ4n) is 1.98. The Kier molecular flexibility index (Phi) is 4.62. The number of nitrogens with zero attached hydrogens (tertiary/aromatic N) is 1. The minimum atomic E-state index is -4.41. The molecule has 1 heterocycles. The summed E-state index contributed by atoms with van der Waals surface area (Å²) >= 11 is 0. The number of nitrogens with one attached hydrogen (secondary N) is 1. The Balaban J connectivity index is 2.25. The van der Waals surface area contributed by atoms with E-state index in [-0.39, 0.29) is 10.7 Å². The molecule has 0 fully saturated rings. The molecule has 0 saturated carbocycles. The van der Waals surface area contributed by atoms with Gasteiger partial charge >= 0.3 is 6.18 Å². The third-order valence-electron chi connectivity index (χ3n) is 3.17. The van der Waals surface area contributed by atoms with Gasteiger partial charge in [0, 0.05) is 12.2 Å². The van der Waals surface area contributed by atoms with Gasteiger partial charge in [-0.25, -0.2) is 18.5 Å². The number of hydrogen-bond donors (Lipinski definition) is 2. The standard InChI is InChI=1S/C14H14F3N3O2S/c1-9(10-4-6-11(7-5-10)14(15,16)17)20-13-12(23(18,21)22)3-2-8-19-13/h2-9H,1H3,(H,19,20)(H2,18,21,22)/t9-/m0/s1. The summed E-state index contributed by atoms with van der Waals surface area (Å²) in [5.74, 6) is 0.0439. The molecule has 3 N–H and O–H groups in total. The molecule has 5 nitrogen and oxygen atoms in total. The molecule has 1 atom stereocenters. The van der Waals surface area contributed by atoms with E-state index in [0.717, 1.165) is 12.1 Å². The van der Waals surface area contributed by atoms with E-state index in [0.29, 0.717) is 5.56 Å². The van der Waals surface area contributed by atoms with Crippen molar-refractivity contribution in [3.63, 3.8) is 0 Å². The first-order valence-corrected chi connectivity index (χ1v) is 8.05. The Bertz CT molecular complexity index is 790. The maximum atomic E-state index is 12.5. The maximum Gasteiger partial charge on any atom is 0.416 e. The zero-order valence-electron chi connectivity index (χ0n) is 12.0. The third kappa shape index (κ3) is 4.20. The van der Waals surface area contributed by atoms with Gasteiger partial charge in [0.05, 0.1) is 5.56 Å². The molecule has 9 heteroatoms. The zero-order valence-corrected chi connectivity index (χ0v) is 12.8. The van der Waals surface area contributed by atoms with E-state index in [2.05, 4.69) is 10.3 Å². The molecule has 0 radical (unpaired) electrons. The summed E-state index contributed by atoms with van der Waals surface area (Å²) in [4.78, 5) is 3.74. The molecule has 1 aromatic heterocycles. The Morgan fingerprint density at radius 3 is 2.30 bits per heavy atom. The molecule has 2 rings (SSSR count). The van der Waals surface area contributed by atoms with Crippen LogP contribution in [0.3, 0.4) is 0 Å². The number of aromatic nitrogens is 1. The number of anilines is 1. The average molecular weight is 345 g/mol. The molecule has 0 spiro atoms. The summed E-state index contributed by atoms with van der Waals surface area (Å²) in [5.41, 5.74) is -0.208. The Hall–Kier alpha value is -2.13. The van der Waals surface area contributed by atoms with Gasteiger partial charge in [0.25, 0.3) is 0 Å².